The summed E-state index contributed by atoms with van der Waals surface area (Å²) in [6, 6.07) is 5.83. The van der Waals surface area contributed by atoms with Gasteiger partial charge in [-0.2, -0.15) is 15.0 Å². The van der Waals surface area contributed by atoms with E-state index in [4.69, 9.17) is 10.2 Å². The van der Waals surface area contributed by atoms with Gasteiger partial charge in [-0.25, -0.2) is 9.37 Å². The second-order valence-electron chi connectivity index (χ2n) is 5.87. The van der Waals surface area contributed by atoms with E-state index >= 15 is 0 Å². The van der Waals surface area contributed by atoms with Crippen LogP contribution in [0.1, 0.15) is 16.5 Å². The number of rotatable bonds is 6. The smallest absolute Gasteiger partial charge is 0.277 e. The van der Waals surface area contributed by atoms with Crippen LogP contribution in [0.3, 0.4) is 0 Å². The zero-order valence-electron chi connectivity index (χ0n) is 15.4. The van der Waals surface area contributed by atoms with Crippen molar-refractivity contribution in [3.8, 4) is 10.8 Å². The fourth-order valence-electron chi connectivity index (χ4n) is 2.44. The highest BCUT2D eigenvalue weighted by atomic mass is 32.2. The third kappa shape index (κ3) is 4.66. The maximum atomic E-state index is 13.0. The molecule has 1 aromatic carbocycles. The van der Waals surface area contributed by atoms with Crippen LogP contribution in [-0.2, 0) is 5.75 Å². The number of anilines is 3. The maximum Gasteiger partial charge on any atom is 0.277 e. The lowest BCUT2D eigenvalue weighted by molar-refractivity contribution is 0.466. The van der Waals surface area contributed by atoms with Crippen molar-refractivity contribution >= 4 is 40.7 Å². The van der Waals surface area contributed by atoms with E-state index in [0.29, 0.717) is 28.4 Å². The molecule has 4 rings (SSSR count). The van der Waals surface area contributed by atoms with Crippen LogP contribution >= 0.6 is 23.1 Å². The number of hydrogen-bond acceptors (Lipinski definition) is 11. The van der Waals surface area contributed by atoms with E-state index in [0.717, 1.165) is 15.6 Å². The fraction of sp³-hybridized carbons (Fsp3) is 0.176. The molecule has 4 aromatic rings. The molecule has 0 aliphatic heterocycles. The largest absolute Gasteiger partial charge is 0.410 e. The molecule has 0 radical (unpaired) electrons. The Morgan fingerprint density at radius 2 is 1.90 bits per heavy atom. The number of nitrogens with zero attached hydrogens (tertiary/aromatic N) is 6. The van der Waals surface area contributed by atoms with Crippen molar-refractivity contribution in [1.29, 1.82) is 0 Å². The second kappa shape index (κ2) is 8.09. The van der Waals surface area contributed by atoms with E-state index in [1.807, 2.05) is 13.8 Å². The van der Waals surface area contributed by atoms with Crippen molar-refractivity contribution < 1.29 is 8.81 Å². The second-order valence-corrected chi connectivity index (χ2v) is 8.00. The van der Waals surface area contributed by atoms with E-state index in [-0.39, 0.29) is 17.7 Å². The lowest BCUT2D eigenvalue weighted by Crippen LogP contribution is -2.06. The van der Waals surface area contributed by atoms with Crippen molar-refractivity contribution in [2.45, 2.75) is 24.8 Å². The average molecular weight is 430 g/mol. The van der Waals surface area contributed by atoms with Gasteiger partial charge in [0, 0.05) is 5.69 Å². The highest BCUT2D eigenvalue weighted by Crippen LogP contribution is 2.31. The Bertz CT molecular complexity index is 1140. The Balaban J connectivity index is 1.45. The standard InChI is InChI=1S/C17H15FN8OS2/c1-8-13(29-9(2)20-8)14-25-26-17(27-14)28-7-12-22-15(19)24-16(23-12)21-11-5-3-10(18)4-6-11/h3-6H,7H2,1-2H3,(H3,19,21,22,23,24). The van der Waals surface area contributed by atoms with Crippen LogP contribution in [0.15, 0.2) is 33.9 Å². The molecule has 0 spiro atoms. The zero-order chi connectivity index (χ0) is 20.4. The maximum absolute atomic E-state index is 13.0. The van der Waals surface area contributed by atoms with Crippen LogP contribution < -0.4 is 11.1 Å². The molecule has 148 valence electrons. The summed E-state index contributed by atoms with van der Waals surface area (Å²) in [5, 5.41) is 12.4. The lowest BCUT2D eigenvalue weighted by atomic mass is 10.3. The number of hydrogen-bond donors (Lipinski definition) is 2. The summed E-state index contributed by atoms with van der Waals surface area (Å²) < 4.78 is 18.7. The highest BCUT2D eigenvalue weighted by molar-refractivity contribution is 7.98. The van der Waals surface area contributed by atoms with Gasteiger partial charge < -0.3 is 15.5 Å². The lowest BCUT2D eigenvalue weighted by Gasteiger charge is -2.06. The molecule has 0 saturated carbocycles. The Kier molecular flexibility index (Phi) is 5.36. The van der Waals surface area contributed by atoms with Crippen LogP contribution in [0, 0.1) is 19.7 Å². The zero-order valence-corrected chi connectivity index (χ0v) is 17.0. The molecule has 3 aromatic heterocycles. The van der Waals surface area contributed by atoms with Gasteiger partial charge in [0.15, 0.2) is 0 Å². The number of nitrogens with one attached hydrogen (secondary N) is 1. The third-order valence-corrected chi connectivity index (χ3v) is 5.50. The van der Waals surface area contributed by atoms with Crippen LogP contribution in [0.25, 0.3) is 10.8 Å². The number of benzene rings is 1. The molecule has 0 bridgehead atoms. The Hall–Kier alpha value is -3.12. The first-order valence-corrected chi connectivity index (χ1v) is 10.2. The van der Waals surface area contributed by atoms with Gasteiger partial charge in [-0.3, -0.25) is 0 Å². The van der Waals surface area contributed by atoms with Crippen molar-refractivity contribution in [2.24, 2.45) is 0 Å². The van der Waals surface area contributed by atoms with E-state index < -0.39 is 0 Å². The number of aryl methyl sites for hydroxylation is 2. The van der Waals surface area contributed by atoms with Crippen LogP contribution in [-0.4, -0.2) is 30.1 Å². The molecule has 0 aliphatic carbocycles. The Labute approximate surface area is 173 Å². The van der Waals surface area contributed by atoms with Crippen LogP contribution in [0.2, 0.25) is 0 Å². The first-order valence-electron chi connectivity index (χ1n) is 8.40. The Morgan fingerprint density at radius 1 is 1.10 bits per heavy atom. The quantitative estimate of drug-likeness (QED) is 0.436. The average Bonchev–Trinajstić information content (AvgIpc) is 3.27. The molecule has 3 N–H and O–H groups in total. The molecule has 29 heavy (non-hydrogen) atoms. The van der Waals surface area contributed by atoms with Crippen molar-refractivity contribution in [3.63, 3.8) is 0 Å². The molecular weight excluding hydrogens is 415 g/mol. The SMILES string of the molecule is Cc1nc(C)c(-c2nnc(SCc3nc(N)nc(Nc4ccc(F)cc4)n3)o2)s1. The van der Waals surface area contributed by atoms with Crippen LogP contribution in [0.4, 0.5) is 22.0 Å². The number of aromatic nitrogens is 6. The molecule has 0 fully saturated rings. The van der Waals surface area contributed by atoms with Crippen LogP contribution in [0.5, 0.6) is 0 Å². The molecule has 0 saturated heterocycles. The van der Waals surface area contributed by atoms with Crippen molar-refractivity contribution in [1.82, 2.24) is 30.1 Å². The molecule has 0 atom stereocenters. The van der Waals surface area contributed by atoms with E-state index in [1.165, 1.54) is 35.2 Å². The predicted molar refractivity (Wildman–Crippen MR) is 108 cm³/mol. The molecule has 9 nitrogen and oxygen atoms in total. The van der Waals surface area contributed by atoms with Gasteiger partial charge >= 0.3 is 0 Å². The summed E-state index contributed by atoms with van der Waals surface area (Å²) in [7, 11) is 0. The summed E-state index contributed by atoms with van der Waals surface area (Å²) in [5.74, 6) is 1.24. The molecule has 12 heteroatoms. The van der Waals surface area contributed by atoms with Gasteiger partial charge in [-0.15, -0.1) is 21.5 Å². The summed E-state index contributed by atoms with van der Waals surface area (Å²) >= 11 is 2.79. The van der Waals surface area contributed by atoms with E-state index in [9.17, 15) is 4.39 Å². The third-order valence-electron chi connectivity index (χ3n) is 3.63. The first kappa shape index (κ1) is 19.2. The molecular formula is C17H15FN8OS2. The molecule has 0 aliphatic rings. The molecule has 0 unspecified atom stereocenters. The van der Waals surface area contributed by atoms with E-state index in [1.54, 1.807) is 12.1 Å². The monoisotopic (exact) mass is 430 g/mol. The van der Waals surface area contributed by atoms with Crippen molar-refractivity contribution in [3.05, 3.63) is 46.6 Å². The normalized spacial score (nSPS) is 11.0. The minimum Gasteiger partial charge on any atom is -0.410 e. The van der Waals surface area contributed by atoms with Gasteiger partial charge in [0.05, 0.1) is 16.5 Å². The topological polar surface area (TPSA) is 129 Å². The fourth-order valence-corrected chi connectivity index (χ4v) is 3.90. The summed E-state index contributed by atoms with van der Waals surface area (Å²) in [6.07, 6.45) is 0. The summed E-state index contributed by atoms with van der Waals surface area (Å²) in [4.78, 5) is 17.7. The number of thioether (sulfide) groups is 1. The predicted octanol–water partition coefficient (Wildman–Crippen LogP) is 3.75. The number of nitrogens with two attached hydrogens (primary N) is 1. The van der Waals surface area contributed by atoms with Crippen molar-refractivity contribution in [2.75, 3.05) is 11.1 Å². The minimum absolute atomic E-state index is 0.0715. The molecule has 3 heterocycles. The number of thiazole rings is 1. The summed E-state index contributed by atoms with van der Waals surface area (Å²) in [5.41, 5.74) is 7.26. The van der Waals surface area contributed by atoms with Gasteiger partial charge in [0.2, 0.25) is 11.9 Å². The molecule has 0 amide bonds. The Morgan fingerprint density at radius 3 is 2.62 bits per heavy atom. The minimum atomic E-state index is -0.328. The van der Waals surface area contributed by atoms with E-state index in [2.05, 4.69) is 35.5 Å². The first-order chi connectivity index (χ1) is 14.0. The van der Waals surface area contributed by atoms with Gasteiger partial charge in [0.25, 0.3) is 11.1 Å². The summed E-state index contributed by atoms with van der Waals surface area (Å²) in [6.45, 7) is 3.83. The van der Waals surface area contributed by atoms with Gasteiger partial charge in [0.1, 0.15) is 16.5 Å². The van der Waals surface area contributed by atoms with Gasteiger partial charge in [-0.05, 0) is 38.1 Å². The van der Waals surface area contributed by atoms with Gasteiger partial charge in [-0.1, -0.05) is 11.8 Å². The highest BCUT2D eigenvalue weighted by Gasteiger charge is 2.16. The number of halogens is 1. The number of nitrogen functional groups attached to an aromatic ring is 1.